The van der Waals surface area contributed by atoms with Gasteiger partial charge in [0, 0.05) is 19.7 Å². The molecule has 0 bridgehead atoms. The lowest BCUT2D eigenvalue weighted by atomic mass is 9.96. The van der Waals surface area contributed by atoms with Crippen LogP contribution < -0.4 is 0 Å². The van der Waals surface area contributed by atoms with E-state index in [1.807, 2.05) is 25.7 Å². The van der Waals surface area contributed by atoms with Crippen molar-refractivity contribution in [1.29, 1.82) is 0 Å². The fourth-order valence-corrected chi connectivity index (χ4v) is 3.30. The van der Waals surface area contributed by atoms with E-state index in [1.165, 1.54) is 0 Å². The van der Waals surface area contributed by atoms with Gasteiger partial charge in [0.25, 0.3) is 0 Å². The molecule has 0 aromatic rings. The van der Waals surface area contributed by atoms with Crippen LogP contribution in [0, 0.1) is 5.92 Å². The Labute approximate surface area is 121 Å². The number of aliphatic hydroxyl groups excluding tert-OH is 1. The van der Waals surface area contributed by atoms with E-state index >= 15 is 0 Å². The number of likely N-dealkylation sites (tertiary alicyclic amines) is 1. The summed E-state index contributed by atoms with van der Waals surface area (Å²) in [5.74, 6) is 0.631. The van der Waals surface area contributed by atoms with Crippen molar-refractivity contribution in [3.63, 3.8) is 0 Å². The molecule has 2 aliphatic heterocycles. The molecule has 116 valence electrons. The van der Waals surface area contributed by atoms with Gasteiger partial charge in [0.15, 0.2) is 0 Å². The summed E-state index contributed by atoms with van der Waals surface area (Å²) < 4.78 is 5.69. The van der Waals surface area contributed by atoms with E-state index in [0.29, 0.717) is 19.0 Å². The Hall–Kier alpha value is -0.650. The van der Waals surface area contributed by atoms with Gasteiger partial charge in [-0.15, -0.1) is 0 Å². The lowest BCUT2D eigenvalue weighted by Crippen LogP contribution is -2.55. The predicted molar refractivity (Wildman–Crippen MR) is 77.4 cm³/mol. The maximum absolute atomic E-state index is 12.6. The fraction of sp³-hybridized carbons (Fsp3) is 0.933. The molecule has 5 heteroatoms. The number of morpholine rings is 1. The minimum Gasteiger partial charge on any atom is -0.396 e. The normalized spacial score (nSPS) is 31.3. The van der Waals surface area contributed by atoms with Gasteiger partial charge in [0.05, 0.1) is 18.2 Å². The van der Waals surface area contributed by atoms with Gasteiger partial charge in [-0.05, 0) is 52.6 Å². The van der Waals surface area contributed by atoms with Crippen LogP contribution >= 0.6 is 0 Å². The number of amides is 1. The third kappa shape index (κ3) is 3.71. The second-order valence-corrected chi connectivity index (χ2v) is 6.34. The van der Waals surface area contributed by atoms with Crippen LogP contribution in [-0.4, -0.2) is 71.8 Å². The molecule has 20 heavy (non-hydrogen) atoms. The van der Waals surface area contributed by atoms with E-state index in [2.05, 4.69) is 4.90 Å². The molecule has 2 heterocycles. The third-order valence-corrected chi connectivity index (χ3v) is 4.54. The highest BCUT2D eigenvalue weighted by Crippen LogP contribution is 2.20. The molecule has 0 aromatic carbocycles. The van der Waals surface area contributed by atoms with Gasteiger partial charge in [0.1, 0.15) is 0 Å². The Morgan fingerprint density at radius 3 is 2.30 bits per heavy atom. The van der Waals surface area contributed by atoms with Crippen molar-refractivity contribution in [3.05, 3.63) is 0 Å². The Morgan fingerprint density at radius 1 is 1.25 bits per heavy atom. The summed E-state index contributed by atoms with van der Waals surface area (Å²) in [6, 6.07) is -0.0628. The maximum Gasteiger partial charge on any atom is 0.239 e. The minimum atomic E-state index is -0.0628. The zero-order chi connectivity index (χ0) is 14.7. The molecule has 0 aromatic heterocycles. The second kappa shape index (κ2) is 6.87. The number of piperidine rings is 1. The quantitative estimate of drug-likeness (QED) is 0.829. The average Bonchev–Trinajstić information content (AvgIpc) is 2.45. The molecule has 2 saturated heterocycles. The number of carbonyl (C=O) groups is 1. The van der Waals surface area contributed by atoms with Crippen LogP contribution in [0.5, 0.6) is 0 Å². The van der Waals surface area contributed by atoms with Gasteiger partial charge >= 0.3 is 0 Å². The van der Waals surface area contributed by atoms with Crippen LogP contribution in [0.2, 0.25) is 0 Å². The molecule has 5 nitrogen and oxygen atoms in total. The van der Waals surface area contributed by atoms with Gasteiger partial charge in [-0.1, -0.05) is 0 Å². The Bertz CT molecular complexity index is 319. The summed E-state index contributed by atoms with van der Waals surface area (Å²) in [7, 11) is 0. The van der Waals surface area contributed by atoms with Crippen molar-refractivity contribution >= 4 is 5.91 Å². The number of ether oxygens (including phenoxy) is 1. The predicted octanol–water partition coefficient (Wildman–Crippen LogP) is 0.715. The standard InChI is InChI=1S/C15H28N2O3/c1-11-8-17(9-12(2)20-11)15(19)13(3)16-6-4-14(10-18)5-7-16/h11-14,18H,4-10H2,1-3H3/t11-,12+,13-/m0/s1. The SMILES string of the molecule is C[C@@H]1CN(C(=O)[C@H](C)N2CCC(CO)CC2)C[C@H](C)O1. The Balaban J connectivity index is 1.88. The van der Waals surface area contributed by atoms with Crippen LogP contribution in [0.3, 0.4) is 0 Å². The van der Waals surface area contributed by atoms with E-state index in [4.69, 9.17) is 4.74 Å². The molecule has 0 radical (unpaired) electrons. The number of hydrogen-bond acceptors (Lipinski definition) is 4. The summed E-state index contributed by atoms with van der Waals surface area (Å²) in [6.45, 7) is 9.53. The maximum atomic E-state index is 12.6. The van der Waals surface area contributed by atoms with Crippen LogP contribution in [0.15, 0.2) is 0 Å². The number of carbonyl (C=O) groups excluding carboxylic acids is 1. The summed E-state index contributed by atoms with van der Waals surface area (Å²) in [5, 5.41) is 9.18. The molecule has 0 saturated carbocycles. The summed E-state index contributed by atoms with van der Waals surface area (Å²) in [5.41, 5.74) is 0. The first kappa shape index (κ1) is 15.7. The van der Waals surface area contributed by atoms with Gasteiger partial charge in [-0.3, -0.25) is 9.69 Å². The van der Waals surface area contributed by atoms with Crippen LogP contribution in [0.1, 0.15) is 33.6 Å². The smallest absolute Gasteiger partial charge is 0.239 e. The van der Waals surface area contributed by atoms with Gasteiger partial charge < -0.3 is 14.7 Å². The highest BCUT2D eigenvalue weighted by atomic mass is 16.5. The highest BCUT2D eigenvalue weighted by Gasteiger charge is 2.32. The topological polar surface area (TPSA) is 53.0 Å². The van der Waals surface area contributed by atoms with Crippen LogP contribution in [0.25, 0.3) is 0 Å². The summed E-state index contributed by atoms with van der Waals surface area (Å²) in [6.07, 6.45) is 2.22. The molecular formula is C15H28N2O3. The molecule has 2 fully saturated rings. The number of nitrogens with zero attached hydrogens (tertiary/aromatic N) is 2. The molecule has 0 aliphatic carbocycles. The largest absolute Gasteiger partial charge is 0.396 e. The second-order valence-electron chi connectivity index (χ2n) is 6.34. The van der Waals surface area contributed by atoms with E-state index in [0.717, 1.165) is 25.9 Å². The lowest BCUT2D eigenvalue weighted by Gasteiger charge is -2.40. The number of hydrogen-bond donors (Lipinski definition) is 1. The Kier molecular flexibility index (Phi) is 5.41. The highest BCUT2D eigenvalue weighted by molar-refractivity contribution is 5.81. The van der Waals surface area contributed by atoms with Crippen molar-refractivity contribution in [1.82, 2.24) is 9.80 Å². The monoisotopic (exact) mass is 284 g/mol. The molecule has 3 atom stereocenters. The zero-order valence-electron chi connectivity index (χ0n) is 12.9. The van der Waals surface area contributed by atoms with Gasteiger partial charge in [-0.25, -0.2) is 0 Å². The first-order valence-electron chi connectivity index (χ1n) is 7.80. The fourth-order valence-electron chi connectivity index (χ4n) is 3.30. The third-order valence-electron chi connectivity index (χ3n) is 4.54. The van der Waals surface area contributed by atoms with Gasteiger partial charge in [0.2, 0.25) is 5.91 Å². The van der Waals surface area contributed by atoms with Crippen molar-refractivity contribution in [2.75, 3.05) is 32.8 Å². The van der Waals surface area contributed by atoms with Crippen molar-refractivity contribution < 1.29 is 14.6 Å². The van der Waals surface area contributed by atoms with Crippen molar-refractivity contribution in [3.8, 4) is 0 Å². The number of aliphatic hydroxyl groups is 1. The van der Waals surface area contributed by atoms with E-state index in [9.17, 15) is 9.90 Å². The Morgan fingerprint density at radius 2 is 1.80 bits per heavy atom. The molecule has 2 rings (SSSR count). The number of rotatable bonds is 3. The van der Waals surface area contributed by atoms with Crippen molar-refractivity contribution in [2.24, 2.45) is 5.92 Å². The molecule has 2 aliphatic rings. The molecule has 1 amide bonds. The first-order valence-corrected chi connectivity index (χ1v) is 7.80. The zero-order valence-corrected chi connectivity index (χ0v) is 12.9. The summed E-state index contributed by atoms with van der Waals surface area (Å²) in [4.78, 5) is 16.8. The van der Waals surface area contributed by atoms with Gasteiger partial charge in [-0.2, -0.15) is 0 Å². The summed E-state index contributed by atoms with van der Waals surface area (Å²) >= 11 is 0. The lowest BCUT2D eigenvalue weighted by molar-refractivity contribution is -0.148. The van der Waals surface area contributed by atoms with E-state index in [1.54, 1.807) is 0 Å². The minimum absolute atomic E-state index is 0.0628. The first-order chi connectivity index (χ1) is 9.51. The average molecular weight is 284 g/mol. The molecule has 0 spiro atoms. The molecule has 1 N–H and O–H groups in total. The van der Waals surface area contributed by atoms with E-state index in [-0.39, 0.29) is 30.8 Å². The van der Waals surface area contributed by atoms with Crippen LogP contribution in [-0.2, 0) is 9.53 Å². The van der Waals surface area contributed by atoms with Crippen LogP contribution in [0.4, 0.5) is 0 Å². The molecular weight excluding hydrogens is 256 g/mol. The van der Waals surface area contributed by atoms with Crippen molar-refractivity contribution in [2.45, 2.75) is 51.9 Å². The molecule has 0 unspecified atom stereocenters. The van der Waals surface area contributed by atoms with E-state index < -0.39 is 0 Å².